The molecular weight excluding hydrogens is 264 g/mol. The van der Waals surface area contributed by atoms with Crippen LogP contribution < -0.4 is 5.32 Å². The maximum Gasteiger partial charge on any atom is 0.231 e. The fraction of sp³-hybridized carbons (Fsp3) is 0.438. The highest BCUT2D eigenvalue weighted by molar-refractivity contribution is 5.92. The van der Waals surface area contributed by atoms with Crippen LogP contribution in [-0.4, -0.2) is 20.7 Å². The molecule has 1 aliphatic carbocycles. The third-order valence-electron chi connectivity index (χ3n) is 4.52. The number of rotatable bonds is 2. The van der Waals surface area contributed by atoms with E-state index < -0.39 is 0 Å². The van der Waals surface area contributed by atoms with E-state index in [0.29, 0.717) is 5.95 Å². The average molecular weight is 282 g/mol. The molecule has 1 aliphatic heterocycles. The Bertz CT molecular complexity index is 666. The number of amides is 1. The first-order valence-corrected chi connectivity index (χ1v) is 7.61. The first kappa shape index (κ1) is 12.6. The molecule has 1 aromatic heterocycles. The van der Waals surface area contributed by atoms with E-state index in [-0.39, 0.29) is 11.8 Å². The largest absolute Gasteiger partial charge is 0.297 e. The lowest BCUT2D eigenvalue weighted by Crippen LogP contribution is -2.25. The zero-order chi connectivity index (χ0) is 14.2. The molecular formula is C16H18N4O. The van der Waals surface area contributed by atoms with Crippen molar-refractivity contribution in [1.82, 2.24) is 14.8 Å². The zero-order valence-corrected chi connectivity index (χ0v) is 11.9. The maximum atomic E-state index is 12.5. The van der Waals surface area contributed by atoms with Crippen molar-refractivity contribution in [3.8, 4) is 0 Å². The number of fused-ring (bicyclic) bond motifs is 2. The number of benzene rings is 1. The molecule has 2 heterocycles. The van der Waals surface area contributed by atoms with Crippen LogP contribution in [-0.2, 0) is 30.6 Å². The van der Waals surface area contributed by atoms with Gasteiger partial charge in [0.1, 0.15) is 5.82 Å². The van der Waals surface area contributed by atoms with Gasteiger partial charge in [0.25, 0.3) is 0 Å². The van der Waals surface area contributed by atoms with E-state index in [2.05, 4.69) is 27.6 Å². The topological polar surface area (TPSA) is 59.8 Å². The molecule has 108 valence electrons. The summed E-state index contributed by atoms with van der Waals surface area (Å²) in [6, 6.07) is 8.30. The normalized spacial score (nSPS) is 17.3. The number of aromatic nitrogens is 3. The quantitative estimate of drug-likeness (QED) is 0.916. The van der Waals surface area contributed by atoms with Gasteiger partial charge in [-0.05, 0) is 36.8 Å². The second kappa shape index (κ2) is 4.98. The fourth-order valence-corrected chi connectivity index (χ4v) is 3.36. The summed E-state index contributed by atoms with van der Waals surface area (Å²) in [6.45, 7) is 0.906. The molecule has 0 saturated heterocycles. The Labute approximate surface area is 123 Å². The van der Waals surface area contributed by atoms with Crippen LogP contribution in [0.15, 0.2) is 24.3 Å². The number of anilines is 1. The molecule has 21 heavy (non-hydrogen) atoms. The molecule has 0 radical (unpaired) electrons. The van der Waals surface area contributed by atoms with E-state index in [1.165, 1.54) is 11.1 Å². The predicted molar refractivity (Wildman–Crippen MR) is 78.9 cm³/mol. The Hall–Kier alpha value is -2.17. The third-order valence-corrected chi connectivity index (χ3v) is 4.52. The standard InChI is InChI=1S/C16H18N4O/c21-15(13-9-11-5-1-2-6-12(11)10-13)17-16-19-18-14-7-3-4-8-20(14)16/h1-2,5-6,13H,3-4,7-10H2,(H,17,19,21). The second-order valence-corrected chi connectivity index (χ2v) is 5.91. The lowest BCUT2D eigenvalue weighted by atomic mass is 10.1. The van der Waals surface area contributed by atoms with Crippen LogP contribution in [0.1, 0.15) is 29.8 Å². The van der Waals surface area contributed by atoms with Crippen LogP contribution in [0, 0.1) is 5.92 Å². The molecule has 2 aliphatic rings. The first-order valence-electron chi connectivity index (χ1n) is 7.61. The summed E-state index contributed by atoms with van der Waals surface area (Å²) in [4.78, 5) is 12.5. The van der Waals surface area contributed by atoms with Crippen LogP contribution in [0.25, 0.3) is 0 Å². The van der Waals surface area contributed by atoms with Gasteiger partial charge in [-0.3, -0.25) is 14.7 Å². The highest BCUT2D eigenvalue weighted by Gasteiger charge is 2.28. The lowest BCUT2D eigenvalue weighted by Gasteiger charge is -2.16. The van der Waals surface area contributed by atoms with Gasteiger partial charge in [0.15, 0.2) is 0 Å². The molecule has 0 fully saturated rings. The van der Waals surface area contributed by atoms with E-state index in [1.807, 2.05) is 16.7 Å². The van der Waals surface area contributed by atoms with E-state index in [1.54, 1.807) is 0 Å². The Kier molecular flexibility index (Phi) is 2.98. The van der Waals surface area contributed by atoms with Crippen LogP contribution in [0.5, 0.6) is 0 Å². The summed E-state index contributed by atoms with van der Waals surface area (Å²) in [5, 5.41) is 11.3. The van der Waals surface area contributed by atoms with Crippen LogP contribution in [0.3, 0.4) is 0 Å². The minimum Gasteiger partial charge on any atom is -0.297 e. The van der Waals surface area contributed by atoms with Crippen molar-refractivity contribution < 1.29 is 4.79 Å². The zero-order valence-electron chi connectivity index (χ0n) is 11.9. The third kappa shape index (κ3) is 2.22. The van der Waals surface area contributed by atoms with Crippen molar-refractivity contribution in [2.24, 2.45) is 5.92 Å². The Balaban J connectivity index is 1.49. The Morgan fingerprint density at radius 2 is 1.90 bits per heavy atom. The number of nitrogens with zero attached hydrogens (tertiary/aromatic N) is 3. The van der Waals surface area contributed by atoms with Crippen molar-refractivity contribution in [2.45, 2.75) is 38.6 Å². The average Bonchev–Trinajstić information content (AvgIpc) is 3.11. The number of carbonyl (C=O) groups excluding carboxylic acids is 1. The molecule has 1 N–H and O–H groups in total. The molecule has 2 aromatic rings. The molecule has 1 aromatic carbocycles. The van der Waals surface area contributed by atoms with Gasteiger partial charge in [-0.25, -0.2) is 0 Å². The van der Waals surface area contributed by atoms with E-state index >= 15 is 0 Å². The number of aryl methyl sites for hydroxylation is 1. The van der Waals surface area contributed by atoms with Crippen molar-refractivity contribution in [1.29, 1.82) is 0 Å². The highest BCUT2D eigenvalue weighted by atomic mass is 16.2. The lowest BCUT2D eigenvalue weighted by molar-refractivity contribution is -0.119. The molecule has 0 unspecified atom stereocenters. The molecule has 4 rings (SSSR count). The van der Waals surface area contributed by atoms with Gasteiger partial charge in [-0.15, -0.1) is 10.2 Å². The molecule has 0 atom stereocenters. The number of hydrogen-bond donors (Lipinski definition) is 1. The SMILES string of the molecule is O=C(Nc1nnc2n1CCCC2)C1Cc2ccccc2C1. The number of hydrogen-bond acceptors (Lipinski definition) is 3. The maximum absolute atomic E-state index is 12.5. The van der Waals surface area contributed by atoms with E-state index in [0.717, 1.165) is 44.5 Å². The Morgan fingerprint density at radius 1 is 1.14 bits per heavy atom. The van der Waals surface area contributed by atoms with Gasteiger partial charge >= 0.3 is 0 Å². The summed E-state index contributed by atoms with van der Waals surface area (Å²) in [7, 11) is 0. The van der Waals surface area contributed by atoms with E-state index in [9.17, 15) is 4.79 Å². The van der Waals surface area contributed by atoms with Crippen molar-refractivity contribution in [3.63, 3.8) is 0 Å². The monoisotopic (exact) mass is 282 g/mol. The van der Waals surface area contributed by atoms with Gasteiger partial charge in [-0.1, -0.05) is 24.3 Å². The van der Waals surface area contributed by atoms with Gasteiger partial charge in [0.05, 0.1) is 0 Å². The minimum absolute atomic E-state index is 0.0129. The van der Waals surface area contributed by atoms with Gasteiger partial charge in [0.2, 0.25) is 11.9 Å². The molecule has 0 saturated carbocycles. The summed E-state index contributed by atoms with van der Waals surface area (Å²) < 4.78 is 2.05. The van der Waals surface area contributed by atoms with E-state index in [4.69, 9.17) is 0 Å². The fourth-order valence-electron chi connectivity index (χ4n) is 3.36. The summed E-state index contributed by atoms with van der Waals surface area (Å²) in [5.41, 5.74) is 2.59. The van der Waals surface area contributed by atoms with Crippen LogP contribution >= 0.6 is 0 Å². The molecule has 0 spiro atoms. The number of carbonyl (C=O) groups is 1. The first-order chi connectivity index (χ1) is 10.3. The molecule has 5 heteroatoms. The summed E-state index contributed by atoms with van der Waals surface area (Å²) in [6.07, 6.45) is 4.89. The van der Waals surface area contributed by atoms with Crippen molar-refractivity contribution >= 4 is 11.9 Å². The predicted octanol–water partition coefficient (Wildman–Crippen LogP) is 1.97. The van der Waals surface area contributed by atoms with Gasteiger partial charge < -0.3 is 0 Å². The van der Waals surface area contributed by atoms with Crippen LogP contribution in [0.2, 0.25) is 0 Å². The minimum atomic E-state index is 0.0129. The summed E-state index contributed by atoms with van der Waals surface area (Å²) >= 11 is 0. The molecule has 1 amide bonds. The van der Waals surface area contributed by atoms with Gasteiger partial charge in [0, 0.05) is 18.9 Å². The Morgan fingerprint density at radius 3 is 2.67 bits per heavy atom. The second-order valence-electron chi connectivity index (χ2n) is 5.91. The van der Waals surface area contributed by atoms with Crippen molar-refractivity contribution in [3.05, 3.63) is 41.2 Å². The smallest absolute Gasteiger partial charge is 0.231 e. The molecule has 5 nitrogen and oxygen atoms in total. The highest BCUT2D eigenvalue weighted by Crippen LogP contribution is 2.27. The van der Waals surface area contributed by atoms with Gasteiger partial charge in [-0.2, -0.15) is 0 Å². The number of nitrogens with one attached hydrogen (secondary N) is 1. The summed E-state index contributed by atoms with van der Waals surface area (Å²) in [5.74, 6) is 1.68. The van der Waals surface area contributed by atoms with Crippen molar-refractivity contribution in [2.75, 3.05) is 5.32 Å². The molecule has 0 bridgehead atoms. The van der Waals surface area contributed by atoms with Crippen LogP contribution in [0.4, 0.5) is 5.95 Å².